The van der Waals surface area contributed by atoms with Crippen LogP contribution in [0.2, 0.25) is 0 Å². The van der Waals surface area contributed by atoms with Crippen LogP contribution in [-0.4, -0.2) is 23.9 Å². The maximum absolute atomic E-state index is 11.8. The van der Waals surface area contributed by atoms with Crippen molar-refractivity contribution in [3.63, 3.8) is 0 Å². The smallest absolute Gasteiger partial charge is 0.253 e. The van der Waals surface area contributed by atoms with Crippen molar-refractivity contribution < 1.29 is 4.79 Å². The molecule has 0 aromatic heterocycles. The molecule has 0 unspecified atom stereocenters. The molecule has 0 fully saturated rings. The molecule has 0 aliphatic rings. The van der Waals surface area contributed by atoms with Crippen LogP contribution in [0.5, 0.6) is 0 Å². The lowest BCUT2D eigenvalue weighted by Gasteiger charge is -2.21. The highest BCUT2D eigenvalue weighted by Crippen LogP contribution is 2.10. The molecule has 0 aliphatic heterocycles. The Balaban J connectivity index is 2.84. The van der Waals surface area contributed by atoms with E-state index in [9.17, 15) is 4.79 Å². The number of carbonyl (C=O) groups excluding carboxylic acids is 1. The van der Waals surface area contributed by atoms with Crippen molar-refractivity contribution in [3.8, 4) is 0 Å². The van der Waals surface area contributed by atoms with Crippen molar-refractivity contribution in [2.24, 2.45) is 0 Å². The van der Waals surface area contributed by atoms with Gasteiger partial charge in [0.2, 0.25) is 0 Å². The van der Waals surface area contributed by atoms with Gasteiger partial charge in [-0.3, -0.25) is 4.79 Å². The molecule has 0 bridgehead atoms. The molecule has 2 nitrogen and oxygen atoms in total. The summed E-state index contributed by atoms with van der Waals surface area (Å²) in [5.41, 5.74) is 0.707. The van der Waals surface area contributed by atoms with Crippen LogP contribution < -0.4 is 0 Å². The lowest BCUT2D eigenvalue weighted by molar-refractivity contribution is 0.0755. The Hall–Kier alpha value is -0.960. The molecule has 0 N–H and O–H groups in total. The van der Waals surface area contributed by atoms with Crippen molar-refractivity contribution in [2.75, 3.05) is 7.05 Å². The highest BCUT2D eigenvalue weighted by Gasteiger charge is 2.13. The van der Waals surface area contributed by atoms with Crippen molar-refractivity contribution in [1.29, 1.82) is 0 Å². The number of benzene rings is 1. The number of hydrogen-bond acceptors (Lipinski definition) is 2. The average molecular weight is 209 g/mol. The minimum atomic E-state index is 0.0494. The van der Waals surface area contributed by atoms with E-state index < -0.39 is 0 Å². The lowest BCUT2D eigenvalue weighted by atomic mass is 10.2. The maximum atomic E-state index is 11.8. The minimum absolute atomic E-state index is 0.0494. The van der Waals surface area contributed by atoms with Gasteiger partial charge in [0.05, 0.1) is 0 Å². The highest BCUT2D eigenvalue weighted by molar-refractivity contribution is 7.80. The fourth-order valence-electron chi connectivity index (χ4n) is 1.04. The zero-order valence-corrected chi connectivity index (χ0v) is 9.58. The van der Waals surface area contributed by atoms with E-state index in [0.717, 1.165) is 4.90 Å². The predicted molar refractivity (Wildman–Crippen MR) is 60.9 cm³/mol. The van der Waals surface area contributed by atoms with E-state index in [-0.39, 0.29) is 11.9 Å². The minimum Gasteiger partial charge on any atom is -0.339 e. The van der Waals surface area contributed by atoms with Gasteiger partial charge in [0, 0.05) is 23.5 Å². The molecule has 76 valence electrons. The molecule has 14 heavy (non-hydrogen) atoms. The predicted octanol–water partition coefficient (Wildman–Crippen LogP) is 2.46. The standard InChI is InChI=1S/C11H15NOS/c1-8(2)12(3)11(13)9-4-6-10(14)7-5-9/h4-8,14H,1-3H3. The average Bonchev–Trinajstić information content (AvgIpc) is 2.16. The molecule has 1 amide bonds. The van der Waals surface area contributed by atoms with Crippen LogP contribution in [0.15, 0.2) is 29.2 Å². The Morgan fingerprint density at radius 1 is 1.29 bits per heavy atom. The van der Waals surface area contributed by atoms with Gasteiger partial charge in [0.1, 0.15) is 0 Å². The second-order valence-corrected chi connectivity index (χ2v) is 4.07. The van der Waals surface area contributed by atoms with Crippen molar-refractivity contribution in [2.45, 2.75) is 24.8 Å². The zero-order valence-electron chi connectivity index (χ0n) is 8.69. The van der Waals surface area contributed by atoms with Gasteiger partial charge in [-0.05, 0) is 38.1 Å². The lowest BCUT2D eigenvalue weighted by Crippen LogP contribution is -2.32. The molecule has 0 radical (unpaired) electrons. The van der Waals surface area contributed by atoms with E-state index in [0.29, 0.717) is 5.56 Å². The summed E-state index contributed by atoms with van der Waals surface area (Å²) in [5.74, 6) is 0.0494. The highest BCUT2D eigenvalue weighted by atomic mass is 32.1. The first-order valence-electron chi connectivity index (χ1n) is 4.58. The third kappa shape index (κ3) is 2.51. The Morgan fingerprint density at radius 2 is 1.79 bits per heavy atom. The van der Waals surface area contributed by atoms with E-state index in [1.165, 1.54) is 0 Å². The summed E-state index contributed by atoms with van der Waals surface area (Å²) in [4.78, 5) is 14.4. The van der Waals surface area contributed by atoms with E-state index in [1.807, 2.05) is 33.0 Å². The Bertz CT molecular complexity index is 319. The summed E-state index contributed by atoms with van der Waals surface area (Å²) in [6, 6.07) is 7.46. The quantitative estimate of drug-likeness (QED) is 0.742. The van der Waals surface area contributed by atoms with Crippen LogP contribution in [0.1, 0.15) is 24.2 Å². The number of amides is 1. The van der Waals surface area contributed by atoms with Gasteiger partial charge in [-0.15, -0.1) is 12.6 Å². The zero-order chi connectivity index (χ0) is 10.7. The molecule has 0 atom stereocenters. The molecule has 1 rings (SSSR count). The molecule has 0 saturated heterocycles. The van der Waals surface area contributed by atoms with Gasteiger partial charge in [-0.25, -0.2) is 0 Å². The first kappa shape index (κ1) is 11.1. The van der Waals surface area contributed by atoms with Crippen molar-refractivity contribution in [1.82, 2.24) is 4.90 Å². The first-order valence-corrected chi connectivity index (χ1v) is 5.03. The van der Waals surface area contributed by atoms with Crippen LogP contribution in [0.4, 0.5) is 0 Å². The van der Waals surface area contributed by atoms with Crippen molar-refractivity contribution in [3.05, 3.63) is 29.8 Å². The fourth-order valence-corrected chi connectivity index (χ4v) is 1.19. The van der Waals surface area contributed by atoms with Crippen LogP contribution in [0, 0.1) is 0 Å². The monoisotopic (exact) mass is 209 g/mol. The Morgan fingerprint density at radius 3 is 2.21 bits per heavy atom. The van der Waals surface area contributed by atoms with Crippen LogP contribution in [-0.2, 0) is 0 Å². The van der Waals surface area contributed by atoms with E-state index in [1.54, 1.807) is 17.0 Å². The molecule has 1 aromatic carbocycles. The molecule has 3 heteroatoms. The summed E-state index contributed by atoms with van der Waals surface area (Å²) in [7, 11) is 1.81. The third-order valence-corrected chi connectivity index (χ3v) is 2.51. The molecule has 0 spiro atoms. The maximum Gasteiger partial charge on any atom is 0.253 e. The van der Waals surface area contributed by atoms with E-state index >= 15 is 0 Å². The Labute approximate surface area is 90.3 Å². The molecule has 0 heterocycles. The summed E-state index contributed by atoms with van der Waals surface area (Å²) in [6.45, 7) is 3.98. The second-order valence-electron chi connectivity index (χ2n) is 3.56. The van der Waals surface area contributed by atoms with Crippen LogP contribution in [0.3, 0.4) is 0 Å². The normalized spacial score (nSPS) is 10.4. The summed E-state index contributed by atoms with van der Waals surface area (Å²) in [6.07, 6.45) is 0. The van der Waals surface area contributed by atoms with Crippen molar-refractivity contribution >= 4 is 18.5 Å². The van der Waals surface area contributed by atoms with E-state index in [4.69, 9.17) is 0 Å². The van der Waals surface area contributed by atoms with Gasteiger partial charge < -0.3 is 4.90 Å². The van der Waals surface area contributed by atoms with Gasteiger partial charge in [-0.1, -0.05) is 0 Å². The SMILES string of the molecule is CC(C)N(C)C(=O)c1ccc(S)cc1. The number of rotatable bonds is 2. The Kier molecular flexibility index (Phi) is 3.58. The number of hydrogen-bond donors (Lipinski definition) is 1. The first-order chi connectivity index (χ1) is 6.52. The number of carbonyl (C=O) groups is 1. The molecule has 0 saturated carbocycles. The third-order valence-electron chi connectivity index (χ3n) is 2.21. The van der Waals surface area contributed by atoms with Gasteiger partial charge in [0.15, 0.2) is 0 Å². The second kappa shape index (κ2) is 4.51. The molecule has 1 aromatic rings. The van der Waals surface area contributed by atoms with Gasteiger partial charge in [0.25, 0.3) is 5.91 Å². The summed E-state index contributed by atoms with van der Waals surface area (Å²) < 4.78 is 0. The van der Waals surface area contributed by atoms with E-state index in [2.05, 4.69) is 12.6 Å². The van der Waals surface area contributed by atoms with Gasteiger partial charge >= 0.3 is 0 Å². The molecular formula is C11H15NOS. The number of nitrogens with zero attached hydrogens (tertiary/aromatic N) is 1. The van der Waals surface area contributed by atoms with Gasteiger partial charge in [-0.2, -0.15) is 0 Å². The largest absolute Gasteiger partial charge is 0.339 e. The fraction of sp³-hybridized carbons (Fsp3) is 0.364. The molecular weight excluding hydrogens is 194 g/mol. The summed E-state index contributed by atoms with van der Waals surface area (Å²) >= 11 is 4.17. The molecule has 0 aliphatic carbocycles. The van der Waals surface area contributed by atoms with Crippen LogP contribution in [0.25, 0.3) is 0 Å². The number of thiol groups is 1. The van der Waals surface area contributed by atoms with Crippen LogP contribution >= 0.6 is 12.6 Å². The summed E-state index contributed by atoms with van der Waals surface area (Å²) in [5, 5.41) is 0. The topological polar surface area (TPSA) is 20.3 Å².